The predicted octanol–water partition coefficient (Wildman–Crippen LogP) is 18.8. The van der Waals surface area contributed by atoms with Gasteiger partial charge in [0, 0.05) is 47.9 Å². The molecule has 10 nitrogen and oxygen atoms in total. The lowest BCUT2D eigenvalue weighted by Crippen LogP contribution is -2.29. The van der Waals surface area contributed by atoms with Gasteiger partial charge in [0.2, 0.25) is 0 Å². The maximum atomic E-state index is 9.19. The fraction of sp³-hybridized carbons (Fsp3) is 0.0423. The van der Waals surface area contributed by atoms with Crippen molar-refractivity contribution in [1.82, 2.24) is 0 Å². The zero-order valence-electron chi connectivity index (χ0n) is 43.9. The molecule has 84 heavy (non-hydrogen) atoms. The van der Waals surface area contributed by atoms with Gasteiger partial charge in [0.05, 0.1) is 0 Å². The molecule has 2 aliphatic rings. The Labute approximate surface area is 494 Å². The molecule has 0 radical (unpaired) electrons. The lowest BCUT2D eigenvalue weighted by Gasteiger charge is -2.23. The van der Waals surface area contributed by atoms with Gasteiger partial charge in [-0.05, 0) is 93.8 Å². The number of fused-ring (bicyclic) bond motifs is 14. The second-order valence-electron chi connectivity index (χ2n) is 19.6. The Balaban J connectivity index is 0.000000134. The second kappa shape index (κ2) is 24.1. The summed E-state index contributed by atoms with van der Waals surface area (Å²) in [4.78, 5) is 0. The van der Waals surface area contributed by atoms with Crippen LogP contribution in [0.1, 0.15) is 14.9 Å². The van der Waals surface area contributed by atoms with Crippen molar-refractivity contribution in [1.29, 1.82) is 0 Å². The third kappa shape index (κ3) is 10.9. The van der Waals surface area contributed by atoms with Gasteiger partial charge >= 0.3 is 14.2 Å². The first-order valence-corrected chi connectivity index (χ1v) is 27.3. The van der Waals surface area contributed by atoms with Crippen molar-refractivity contribution in [3.8, 4) is 79.4 Å². The van der Waals surface area contributed by atoms with Crippen molar-refractivity contribution < 1.29 is 47.9 Å². The molecule has 0 spiro atoms. The molecule has 0 saturated carbocycles. The van der Waals surface area contributed by atoms with Crippen LogP contribution in [0.25, 0.3) is 98.8 Å². The van der Waals surface area contributed by atoms with Crippen LogP contribution in [0, 0.1) is 0 Å². The number of hydrogen-bond acceptors (Lipinski definition) is 10. The van der Waals surface area contributed by atoms with Gasteiger partial charge in [0.1, 0.15) is 22.3 Å². The molecular formula is C71H55B2BrO10. The average molecular weight is 1170 g/mol. The Morgan fingerprint density at radius 2 is 0.667 bits per heavy atom. The Kier molecular flexibility index (Phi) is 16.1. The van der Waals surface area contributed by atoms with E-state index in [9.17, 15) is 10.0 Å². The number of ether oxygens (including phenoxy) is 4. The topological polar surface area (TPSA) is 144 Å². The highest BCUT2D eigenvalue weighted by molar-refractivity contribution is 9.10. The maximum absolute atomic E-state index is 9.19. The van der Waals surface area contributed by atoms with Gasteiger partial charge in [-0.1, -0.05) is 225 Å². The molecule has 0 unspecified atom stereocenters. The van der Waals surface area contributed by atoms with E-state index in [0.29, 0.717) is 5.46 Å². The number of furan rings is 2. The third-order valence-electron chi connectivity index (χ3n) is 14.3. The Bertz CT molecular complexity index is 4690. The number of hydrogen-bond donors (Lipinski definition) is 4. The summed E-state index contributed by atoms with van der Waals surface area (Å²) in [6.45, 7) is 1.28. The first-order valence-electron chi connectivity index (χ1n) is 26.5. The number of rotatable bonds is 4. The van der Waals surface area contributed by atoms with E-state index < -0.39 is 14.2 Å². The molecule has 0 bridgehead atoms. The van der Waals surface area contributed by atoms with E-state index in [-0.39, 0.29) is 14.9 Å². The van der Waals surface area contributed by atoms with E-state index in [0.717, 1.165) is 149 Å². The van der Waals surface area contributed by atoms with Crippen molar-refractivity contribution in [3.05, 3.63) is 247 Å². The standard InChI is InChI=1S/C34H20O3.C18H13BO3.C16H9BrO2.CH5BO2.2CH4/c1-2-10-26-24(8-1)28(20-32-34(26)37-31-15-6-5-14-30(31)35-32)22-18-16-21(17-19-22)23-11-7-12-27-25-9-3-4-13-29(25)36-33(23)27;20-19(21)13-10-8-12(9-11-13)14-5-3-6-16-15-4-1-2-7-17(15)22-18(14)16;17-12-9-15-16(11-6-2-1-5-10(11)12)19-14-8-4-3-7-13(14)18-15;1-2(3)4;;/h1-20H;1-11,20-21H;1-9H;3-4H,1H3;2*1H4. The van der Waals surface area contributed by atoms with E-state index in [2.05, 4.69) is 113 Å². The quantitative estimate of drug-likeness (QED) is 0.126. The summed E-state index contributed by atoms with van der Waals surface area (Å²) in [6, 6.07) is 80.3. The van der Waals surface area contributed by atoms with Crippen LogP contribution in [-0.2, 0) is 0 Å². The molecule has 2 aromatic heterocycles. The summed E-state index contributed by atoms with van der Waals surface area (Å²) in [5.41, 5.74) is 10.4. The fourth-order valence-electron chi connectivity index (χ4n) is 10.5. The van der Waals surface area contributed by atoms with Crippen LogP contribution >= 0.6 is 15.9 Å². The van der Waals surface area contributed by atoms with Crippen molar-refractivity contribution in [3.63, 3.8) is 0 Å². The molecular weight excluding hydrogens is 1110 g/mol. The highest BCUT2D eigenvalue weighted by atomic mass is 79.9. The Morgan fingerprint density at radius 3 is 1.13 bits per heavy atom. The summed E-state index contributed by atoms with van der Waals surface area (Å²) < 4.78 is 37.8. The van der Waals surface area contributed by atoms with E-state index in [1.54, 1.807) is 12.1 Å². The highest BCUT2D eigenvalue weighted by Gasteiger charge is 2.25. The van der Waals surface area contributed by atoms with Gasteiger partial charge in [-0.2, -0.15) is 0 Å². The molecule has 0 amide bonds. The van der Waals surface area contributed by atoms with Gasteiger partial charge < -0.3 is 47.9 Å². The lowest BCUT2D eigenvalue weighted by atomic mass is 9.80. The maximum Gasteiger partial charge on any atom is 0.488 e. The number of benzene rings is 12. The van der Waals surface area contributed by atoms with Crippen LogP contribution in [0.2, 0.25) is 6.82 Å². The van der Waals surface area contributed by atoms with Crippen LogP contribution in [-0.4, -0.2) is 34.3 Å². The minimum absolute atomic E-state index is 0. The SMILES string of the molecule is Brc1cc2c(c3ccccc13)Oc1ccccc1O2.C.C.CB(O)O.OB(O)c1ccc(-c2cccc3c2oc2ccccc23)cc1.c1ccc2c(c1)Oc1cc(-c3ccc(-c4cccc5c4oc4ccccc45)cc3)c3ccccc3c1O2. The van der Waals surface area contributed by atoms with E-state index in [4.69, 9.17) is 37.8 Å². The summed E-state index contributed by atoms with van der Waals surface area (Å²) in [5.74, 6) is 5.96. The molecule has 14 aromatic rings. The number of para-hydroxylation sites is 8. The summed E-state index contributed by atoms with van der Waals surface area (Å²) in [5, 5.41) is 42.4. The molecule has 0 atom stereocenters. The van der Waals surface area contributed by atoms with Gasteiger partial charge in [-0.25, -0.2) is 0 Å². The zero-order valence-corrected chi connectivity index (χ0v) is 45.5. The molecule has 13 heteroatoms. The molecule has 2 aliphatic heterocycles. The molecule has 12 aromatic carbocycles. The minimum atomic E-state index is -1.45. The van der Waals surface area contributed by atoms with Crippen LogP contribution in [0.4, 0.5) is 0 Å². The smallest absolute Gasteiger partial charge is 0.455 e. The molecule has 0 saturated heterocycles. The average Bonchev–Trinajstić information content (AvgIpc) is 2.06. The summed E-state index contributed by atoms with van der Waals surface area (Å²) >= 11 is 3.58. The third-order valence-corrected chi connectivity index (χ3v) is 14.9. The normalized spacial score (nSPS) is 11.4. The fourth-order valence-corrected chi connectivity index (χ4v) is 11.1. The van der Waals surface area contributed by atoms with Gasteiger partial charge in [0.25, 0.3) is 0 Å². The Morgan fingerprint density at radius 1 is 0.321 bits per heavy atom. The molecule has 0 aliphatic carbocycles. The monoisotopic (exact) mass is 1170 g/mol. The van der Waals surface area contributed by atoms with Crippen LogP contribution in [0.3, 0.4) is 0 Å². The molecule has 0 fully saturated rings. The largest absolute Gasteiger partial charge is 0.488 e. The first-order chi connectivity index (χ1) is 40.1. The zero-order chi connectivity index (χ0) is 55.8. The van der Waals surface area contributed by atoms with E-state index in [1.165, 1.54) is 6.82 Å². The first kappa shape index (κ1) is 56.3. The summed E-state index contributed by atoms with van der Waals surface area (Å²) in [7, 11) is -2.61. The molecule has 412 valence electrons. The summed E-state index contributed by atoms with van der Waals surface area (Å²) in [6.07, 6.45) is 0. The van der Waals surface area contributed by atoms with Gasteiger partial charge in [0.15, 0.2) is 46.0 Å². The lowest BCUT2D eigenvalue weighted by molar-refractivity contribution is 0.363. The van der Waals surface area contributed by atoms with Crippen molar-refractivity contribution in [2.45, 2.75) is 21.7 Å². The van der Waals surface area contributed by atoms with Gasteiger partial charge in [-0.15, -0.1) is 0 Å². The van der Waals surface area contributed by atoms with E-state index in [1.807, 2.05) is 133 Å². The molecule has 4 heterocycles. The highest BCUT2D eigenvalue weighted by Crippen LogP contribution is 2.52. The molecule has 16 rings (SSSR count). The van der Waals surface area contributed by atoms with E-state index >= 15 is 0 Å². The van der Waals surface area contributed by atoms with Crippen molar-refractivity contribution in [2.75, 3.05) is 0 Å². The minimum Gasteiger partial charge on any atom is -0.455 e. The van der Waals surface area contributed by atoms with Crippen LogP contribution in [0.5, 0.6) is 46.0 Å². The van der Waals surface area contributed by atoms with Crippen molar-refractivity contribution in [2.24, 2.45) is 0 Å². The second-order valence-corrected chi connectivity index (χ2v) is 20.5. The van der Waals surface area contributed by atoms with Crippen molar-refractivity contribution >= 4 is 101 Å². The van der Waals surface area contributed by atoms with Crippen LogP contribution in [0.15, 0.2) is 256 Å². The number of halogens is 1. The Hall–Kier alpha value is -9.59. The predicted molar refractivity (Wildman–Crippen MR) is 345 cm³/mol. The van der Waals surface area contributed by atoms with Gasteiger partial charge in [-0.3, -0.25) is 0 Å². The molecule has 4 N–H and O–H groups in total. The van der Waals surface area contributed by atoms with Crippen LogP contribution < -0.4 is 24.4 Å².